The molecule has 1 nitrogen and oxygen atoms in total. The van der Waals surface area contributed by atoms with E-state index in [1.807, 2.05) is 0 Å². The van der Waals surface area contributed by atoms with E-state index in [0.29, 0.717) is 11.3 Å². The molecule has 1 aliphatic heterocycles. The molecule has 110 valence electrons. The van der Waals surface area contributed by atoms with Crippen LogP contribution >= 0.6 is 15.9 Å². The SMILES string of the molecule is CC1CCC2(CCNCC2c2ccc(Br)cc2)CC1C. The van der Waals surface area contributed by atoms with Gasteiger partial charge in [0.15, 0.2) is 0 Å². The van der Waals surface area contributed by atoms with Gasteiger partial charge in [-0.2, -0.15) is 0 Å². The third-order valence-electron chi connectivity index (χ3n) is 5.96. The van der Waals surface area contributed by atoms with Gasteiger partial charge in [0, 0.05) is 16.9 Å². The Balaban J connectivity index is 1.89. The van der Waals surface area contributed by atoms with Crippen molar-refractivity contribution in [1.82, 2.24) is 5.32 Å². The van der Waals surface area contributed by atoms with Crippen molar-refractivity contribution in [2.75, 3.05) is 13.1 Å². The maximum absolute atomic E-state index is 3.63. The topological polar surface area (TPSA) is 12.0 Å². The van der Waals surface area contributed by atoms with Gasteiger partial charge in [-0.3, -0.25) is 0 Å². The van der Waals surface area contributed by atoms with Crippen LogP contribution in [0.2, 0.25) is 0 Å². The van der Waals surface area contributed by atoms with E-state index in [-0.39, 0.29) is 0 Å². The summed E-state index contributed by atoms with van der Waals surface area (Å²) in [7, 11) is 0. The Morgan fingerprint density at radius 1 is 1.10 bits per heavy atom. The Hall–Kier alpha value is -0.340. The Morgan fingerprint density at radius 3 is 2.55 bits per heavy atom. The van der Waals surface area contributed by atoms with Crippen LogP contribution in [0.4, 0.5) is 0 Å². The lowest BCUT2D eigenvalue weighted by molar-refractivity contribution is 0.0488. The number of hydrogen-bond donors (Lipinski definition) is 1. The first-order valence-electron chi connectivity index (χ1n) is 8.07. The molecule has 0 aromatic heterocycles. The number of halogens is 1. The van der Waals surface area contributed by atoms with E-state index in [0.717, 1.165) is 18.4 Å². The highest BCUT2D eigenvalue weighted by atomic mass is 79.9. The molecule has 20 heavy (non-hydrogen) atoms. The van der Waals surface area contributed by atoms with Crippen LogP contribution in [0.15, 0.2) is 28.7 Å². The molecule has 2 fully saturated rings. The number of benzene rings is 1. The van der Waals surface area contributed by atoms with Gasteiger partial charge in [0.05, 0.1) is 0 Å². The molecule has 4 unspecified atom stereocenters. The fourth-order valence-corrected chi connectivity index (χ4v) is 4.69. The fraction of sp³-hybridized carbons (Fsp3) is 0.667. The molecule has 0 radical (unpaired) electrons. The second-order valence-electron chi connectivity index (χ2n) is 7.12. The second kappa shape index (κ2) is 5.81. The predicted molar refractivity (Wildman–Crippen MR) is 89.0 cm³/mol. The minimum atomic E-state index is 0.547. The van der Waals surface area contributed by atoms with Crippen LogP contribution in [0.1, 0.15) is 51.0 Å². The molecule has 4 atom stereocenters. The number of rotatable bonds is 1. The largest absolute Gasteiger partial charge is 0.316 e. The highest BCUT2D eigenvalue weighted by molar-refractivity contribution is 9.10. The van der Waals surface area contributed by atoms with Crippen LogP contribution in [0, 0.1) is 17.3 Å². The van der Waals surface area contributed by atoms with Gasteiger partial charge in [-0.25, -0.2) is 0 Å². The van der Waals surface area contributed by atoms with E-state index in [9.17, 15) is 0 Å². The van der Waals surface area contributed by atoms with Gasteiger partial charge in [-0.05, 0) is 67.2 Å². The zero-order valence-electron chi connectivity index (χ0n) is 12.7. The smallest absolute Gasteiger partial charge is 0.0175 e. The van der Waals surface area contributed by atoms with Crippen molar-refractivity contribution < 1.29 is 0 Å². The third kappa shape index (κ3) is 2.69. The van der Waals surface area contributed by atoms with Crippen LogP contribution in [-0.4, -0.2) is 13.1 Å². The molecule has 1 aromatic carbocycles. The molecule has 3 rings (SSSR count). The number of piperidine rings is 1. The van der Waals surface area contributed by atoms with Crippen LogP contribution < -0.4 is 5.32 Å². The van der Waals surface area contributed by atoms with E-state index in [4.69, 9.17) is 0 Å². The highest BCUT2D eigenvalue weighted by Crippen LogP contribution is 2.53. The van der Waals surface area contributed by atoms with E-state index in [1.54, 1.807) is 0 Å². The third-order valence-corrected chi connectivity index (χ3v) is 6.49. The Kier molecular flexibility index (Phi) is 4.24. The van der Waals surface area contributed by atoms with Gasteiger partial charge >= 0.3 is 0 Å². The van der Waals surface area contributed by atoms with Gasteiger partial charge in [-0.15, -0.1) is 0 Å². The summed E-state index contributed by atoms with van der Waals surface area (Å²) in [5.74, 6) is 2.47. The Labute approximate surface area is 131 Å². The van der Waals surface area contributed by atoms with Gasteiger partial charge in [-0.1, -0.05) is 41.9 Å². The van der Waals surface area contributed by atoms with Crippen molar-refractivity contribution in [2.45, 2.75) is 45.4 Å². The monoisotopic (exact) mass is 335 g/mol. The molecule has 0 amide bonds. The number of nitrogens with one attached hydrogen (secondary N) is 1. The van der Waals surface area contributed by atoms with Crippen molar-refractivity contribution in [3.05, 3.63) is 34.3 Å². The molecule has 1 heterocycles. The summed E-state index contributed by atoms with van der Waals surface area (Å²) in [5.41, 5.74) is 2.08. The first-order chi connectivity index (χ1) is 9.61. The normalized spacial score (nSPS) is 38.0. The van der Waals surface area contributed by atoms with Gasteiger partial charge < -0.3 is 5.32 Å². The lowest BCUT2D eigenvalue weighted by atomic mass is 9.56. The molecule has 1 saturated heterocycles. The summed E-state index contributed by atoms with van der Waals surface area (Å²) in [6.45, 7) is 7.26. The zero-order valence-corrected chi connectivity index (χ0v) is 14.2. The molecule has 2 heteroatoms. The first-order valence-corrected chi connectivity index (χ1v) is 8.86. The van der Waals surface area contributed by atoms with E-state index < -0.39 is 0 Å². The highest BCUT2D eigenvalue weighted by Gasteiger charge is 2.45. The lowest BCUT2D eigenvalue weighted by Crippen LogP contribution is -2.47. The van der Waals surface area contributed by atoms with Gasteiger partial charge in [0.25, 0.3) is 0 Å². The lowest BCUT2D eigenvalue weighted by Gasteiger charge is -2.51. The predicted octanol–water partition coefficient (Wildman–Crippen LogP) is 4.97. The second-order valence-corrected chi connectivity index (χ2v) is 8.03. The molecule has 1 saturated carbocycles. The van der Waals surface area contributed by atoms with Crippen molar-refractivity contribution in [2.24, 2.45) is 17.3 Å². The van der Waals surface area contributed by atoms with Crippen molar-refractivity contribution in [1.29, 1.82) is 0 Å². The summed E-state index contributed by atoms with van der Waals surface area (Å²) in [4.78, 5) is 0. The molecule has 0 bridgehead atoms. The maximum Gasteiger partial charge on any atom is 0.0175 e. The fourth-order valence-electron chi connectivity index (χ4n) is 4.43. The van der Waals surface area contributed by atoms with Crippen molar-refractivity contribution in [3.63, 3.8) is 0 Å². The Morgan fingerprint density at radius 2 is 1.85 bits per heavy atom. The van der Waals surface area contributed by atoms with Gasteiger partial charge in [0.2, 0.25) is 0 Å². The zero-order chi connectivity index (χ0) is 14.2. The van der Waals surface area contributed by atoms with E-state index in [1.165, 1.54) is 42.3 Å². The van der Waals surface area contributed by atoms with E-state index >= 15 is 0 Å². The minimum absolute atomic E-state index is 0.547. The van der Waals surface area contributed by atoms with Crippen LogP contribution in [0.5, 0.6) is 0 Å². The molecule has 1 N–H and O–H groups in total. The number of hydrogen-bond acceptors (Lipinski definition) is 1. The Bertz CT molecular complexity index is 455. The minimum Gasteiger partial charge on any atom is -0.316 e. The van der Waals surface area contributed by atoms with Crippen LogP contribution in [-0.2, 0) is 0 Å². The maximum atomic E-state index is 3.63. The van der Waals surface area contributed by atoms with Crippen LogP contribution in [0.3, 0.4) is 0 Å². The average molecular weight is 336 g/mol. The summed E-state index contributed by atoms with van der Waals surface area (Å²) in [5, 5.41) is 3.63. The van der Waals surface area contributed by atoms with Crippen LogP contribution in [0.25, 0.3) is 0 Å². The molecule has 1 spiro atoms. The molecular weight excluding hydrogens is 310 g/mol. The molecule has 1 aliphatic carbocycles. The molecule has 2 aliphatic rings. The van der Waals surface area contributed by atoms with Crippen molar-refractivity contribution in [3.8, 4) is 0 Å². The van der Waals surface area contributed by atoms with Crippen molar-refractivity contribution >= 4 is 15.9 Å². The summed E-state index contributed by atoms with van der Waals surface area (Å²) >= 11 is 3.56. The van der Waals surface area contributed by atoms with Gasteiger partial charge in [0.1, 0.15) is 0 Å². The first kappa shape index (κ1) is 14.6. The molecular formula is C18H26BrN. The molecule has 1 aromatic rings. The van der Waals surface area contributed by atoms with E-state index in [2.05, 4.69) is 59.4 Å². The average Bonchev–Trinajstić information content (AvgIpc) is 2.45. The summed E-state index contributed by atoms with van der Waals surface area (Å²) in [6.07, 6.45) is 5.59. The summed E-state index contributed by atoms with van der Waals surface area (Å²) in [6, 6.07) is 9.05. The standard InChI is InChI=1S/C18H26BrN/c1-13-7-8-18(11-14(13)2)9-10-20-12-17(18)15-3-5-16(19)6-4-15/h3-6,13-14,17,20H,7-12H2,1-2H3. The quantitative estimate of drug-likeness (QED) is 0.764. The summed E-state index contributed by atoms with van der Waals surface area (Å²) < 4.78 is 1.18.